The van der Waals surface area contributed by atoms with Crippen molar-refractivity contribution in [1.82, 2.24) is 9.88 Å². The number of pyridine rings is 1. The Labute approximate surface area is 158 Å². The normalized spacial score (nSPS) is 16.6. The first-order valence-corrected chi connectivity index (χ1v) is 9.26. The van der Waals surface area contributed by atoms with Crippen molar-refractivity contribution in [3.8, 4) is 11.3 Å². The van der Waals surface area contributed by atoms with E-state index in [2.05, 4.69) is 4.98 Å². The maximum absolute atomic E-state index is 13.5. The van der Waals surface area contributed by atoms with Gasteiger partial charge in [-0.3, -0.25) is 14.7 Å². The number of hydrogen-bond donors (Lipinski definition) is 0. The second-order valence-corrected chi connectivity index (χ2v) is 6.62. The molecule has 0 N–H and O–H groups in total. The van der Waals surface area contributed by atoms with Crippen molar-refractivity contribution in [2.75, 3.05) is 13.2 Å². The van der Waals surface area contributed by atoms with Crippen molar-refractivity contribution in [1.29, 1.82) is 0 Å². The summed E-state index contributed by atoms with van der Waals surface area (Å²) >= 11 is 0. The van der Waals surface area contributed by atoms with Crippen molar-refractivity contribution >= 4 is 11.9 Å². The Morgan fingerprint density at radius 1 is 1.30 bits per heavy atom. The summed E-state index contributed by atoms with van der Waals surface area (Å²) in [5.74, 6) is -0.313. The van der Waals surface area contributed by atoms with Gasteiger partial charge in [0.15, 0.2) is 5.78 Å². The van der Waals surface area contributed by atoms with Crippen molar-refractivity contribution in [2.24, 2.45) is 0 Å². The highest BCUT2D eigenvalue weighted by atomic mass is 19.1. The Morgan fingerprint density at radius 2 is 2.11 bits per heavy atom. The molecule has 1 aliphatic heterocycles. The molecule has 1 atom stereocenters. The number of hydrogen-bond acceptors (Lipinski definition) is 4. The summed E-state index contributed by atoms with van der Waals surface area (Å²) in [4.78, 5) is 30.6. The summed E-state index contributed by atoms with van der Waals surface area (Å²) in [7, 11) is 0. The van der Waals surface area contributed by atoms with Crippen LogP contribution in [0.5, 0.6) is 0 Å². The molecule has 0 aliphatic carbocycles. The highest BCUT2D eigenvalue weighted by Crippen LogP contribution is 2.22. The van der Waals surface area contributed by atoms with Crippen LogP contribution in [0.25, 0.3) is 11.3 Å². The topological polar surface area (TPSA) is 59.5 Å². The molecule has 3 rings (SSSR count). The van der Waals surface area contributed by atoms with Gasteiger partial charge in [-0.05, 0) is 30.7 Å². The molecule has 1 saturated heterocycles. The van der Waals surface area contributed by atoms with Gasteiger partial charge in [0.05, 0.1) is 18.3 Å². The third-order valence-corrected chi connectivity index (χ3v) is 4.63. The van der Waals surface area contributed by atoms with Gasteiger partial charge >= 0.3 is 6.09 Å². The fourth-order valence-electron chi connectivity index (χ4n) is 3.16. The molecule has 1 aromatic carbocycles. The maximum Gasteiger partial charge on any atom is 0.410 e. The number of unbranched alkanes of at least 4 members (excludes halogenated alkanes) is 1. The zero-order valence-corrected chi connectivity index (χ0v) is 15.4. The molecule has 1 aromatic heterocycles. The highest BCUT2D eigenvalue weighted by molar-refractivity contribution is 5.90. The largest absolute Gasteiger partial charge is 0.449 e. The number of Topliss-reactive ketones (excluding diaryl/α,β-unsaturated/α-hetero) is 1. The van der Waals surface area contributed by atoms with Crippen molar-refractivity contribution < 1.29 is 18.7 Å². The van der Waals surface area contributed by atoms with Gasteiger partial charge in [0.25, 0.3) is 0 Å². The van der Waals surface area contributed by atoms with E-state index in [1.54, 1.807) is 18.2 Å². The molecule has 1 fully saturated rings. The number of ketones is 1. The van der Waals surface area contributed by atoms with E-state index < -0.39 is 12.1 Å². The average molecular weight is 370 g/mol. The molecular formula is C21H23FN2O3. The van der Waals surface area contributed by atoms with Crippen molar-refractivity contribution in [3.05, 3.63) is 54.0 Å². The number of halogens is 1. The van der Waals surface area contributed by atoms with Crippen LogP contribution in [0.1, 0.15) is 31.9 Å². The third-order valence-electron chi connectivity index (χ3n) is 4.63. The van der Waals surface area contributed by atoms with Gasteiger partial charge in [-0.1, -0.05) is 31.5 Å². The first kappa shape index (κ1) is 19.0. The van der Waals surface area contributed by atoms with Crippen LogP contribution in [0.3, 0.4) is 0 Å². The van der Waals surface area contributed by atoms with E-state index in [1.807, 2.05) is 19.1 Å². The van der Waals surface area contributed by atoms with Crippen LogP contribution in [-0.2, 0) is 16.0 Å². The molecular weight excluding hydrogens is 347 g/mol. The average Bonchev–Trinajstić information content (AvgIpc) is 3.03. The number of carbonyl (C=O) groups is 2. The number of benzene rings is 1. The van der Waals surface area contributed by atoms with Crippen LogP contribution < -0.4 is 0 Å². The molecule has 1 aliphatic rings. The molecule has 1 amide bonds. The van der Waals surface area contributed by atoms with Crippen LogP contribution in [0.4, 0.5) is 9.18 Å². The Balaban J connectivity index is 1.74. The Morgan fingerprint density at radius 3 is 2.89 bits per heavy atom. The van der Waals surface area contributed by atoms with E-state index in [4.69, 9.17) is 4.74 Å². The molecule has 0 radical (unpaired) electrons. The van der Waals surface area contributed by atoms with E-state index in [0.717, 1.165) is 12.8 Å². The van der Waals surface area contributed by atoms with E-state index in [1.165, 1.54) is 17.0 Å². The Hall–Kier alpha value is -2.76. The summed E-state index contributed by atoms with van der Waals surface area (Å²) in [6.07, 6.45) is 1.95. The van der Waals surface area contributed by atoms with Gasteiger partial charge in [-0.2, -0.15) is 0 Å². The second kappa shape index (κ2) is 8.75. The van der Waals surface area contributed by atoms with Crippen molar-refractivity contribution in [2.45, 2.75) is 38.6 Å². The summed E-state index contributed by atoms with van der Waals surface area (Å²) in [5.41, 5.74) is 1.99. The maximum atomic E-state index is 13.5. The molecule has 27 heavy (non-hydrogen) atoms. The minimum Gasteiger partial charge on any atom is -0.449 e. The number of rotatable bonds is 6. The van der Waals surface area contributed by atoms with E-state index in [-0.39, 0.29) is 11.6 Å². The predicted molar refractivity (Wildman–Crippen MR) is 99.7 cm³/mol. The summed E-state index contributed by atoms with van der Waals surface area (Å²) in [6, 6.07) is 11.1. The lowest BCUT2D eigenvalue weighted by Crippen LogP contribution is -2.40. The smallest absolute Gasteiger partial charge is 0.410 e. The molecule has 6 heteroatoms. The van der Waals surface area contributed by atoms with Crippen LogP contribution in [-0.4, -0.2) is 41.0 Å². The molecule has 0 saturated carbocycles. The molecule has 1 unspecified atom stereocenters. The number of aromatic nitrogens is 1. The van der Waals surface area contributed by atoms with E-state index in [0.29, 0.717) is 42.9 Å². The lowest BCUT2D eigenvalue weighted by Gasteiger charge is -2.22. The minimum atomic E-state index is -0.561. The number of likely N-dealkylation sites (tertiary alicyclic amines) is 1. The lowest BCUT2D eigenvalue weighted by molar-refractivity contribution is -0.119. The molecule has 5 nitrogen and oxygen atoms in total. The summed E-state index contributed by atoms with van der Waals surface area (Å²) in [6.45, 7) is 2.76. The monoisotopic (exact) mass is 370 g/mol. The van der Waals surface area contributed by atoms with Crippen LogP contribution in [0, 0.1) is 5.82 Å². The molecule has 2 aromatic rings. The molecule has 142 valence electrons. The van der Waals surface area contributed by atoms with Crippen LogP contribution in [0.15, 0.2) is 42.5 Å². The van der Waals surface area contributed by atoms with Crippen LogP contribution >= 0.6 is 0 Å². The lowest BCUT2D eigenvalue weighted by atomic mass is 10.1. The molecule has 0 spiro atoms. The number of carbonyl (C=O) groups excluding carboxylic acids is 2. The minimum absolute atomic E-state index is 0.0143. The molecule has 0 bridgehead atoms. The van der Waals surface area contributed by atoms with Crippen LogP contribution in [0.2, 0.25) is 0 Å². The fraction of sp³-hybridized carbons (Fsp3) is 0.381. The quantitative estimate of drug-likeness (QED) is 0.721. The number of amides is 1. The first-order valence-electron chi connectivity index (χ1n) is 9.26. The standard InChI is InChI=1S/C21H23FN2O3/c1-2-3-12-27-21(26)24-11-10-20(25)19(24)14-17-8-5-9-18(23-17)15-6-4-7-16(22)13-15/h4-9,13,19H,2-3,10-12,14H2,1H3. The van der Waals surface area contributed by atoms with Gasteiger partial charge in [-0.25, -0.2) is 9.18 Å². The summed E-state index contributed by atoms with van der Waals surface area (Å²) < 4.78 is 18.7. The summed E-state index contributed by atoms with van der Waals surface area (Å²) in [5, 5.41) is 0. The van der Waals surface area contributed by atoms with Gasteiger partial charge in [-0.15, -0.1) is 0 Å². The highest BCUT2D eigenvalue weighted by Gasteiger charge is 2.36. The van der Waals surface area contributed by atoms with E-state index >= 15 is 0 Å². The predicted octanol–water partition coefficient (Wildman–Crippen LogP) is 4.01. The zero-order valence-electron chi connectivity index (χ0n) is 15.4. The van der Waals surface area contributed by atoms with Crippen molar-refractivity contribution in [3.63, 3.8) is 0 Å². The first-order chi connectivity index (χ1) is 13.1. The molecule has 2 heterocycles. The number of nitrogens with zero attached hydrogens (tertiary/aromatic N) is 2. The van der Waals surface area contributed by atoms with Gasteiger partial charge in [0.2, 0.25) is 0 Å². The Bertz CT molecular complexity index is 825. The second-order valence-electron chi connectivity index (χ2n) is 6.62. The number of ether oxygens (including phenoxy) is 1. The third kappa shape index (κ3) is 4.70. The van der Waals surface area contributed by atoms with E-state index in [9.17, 15) is 14.0 Å². The van der Waals surface area contributed by atoms with Gasteiger partial charge < -0.3 is 4.74 Å². The zero-order chi connectivity index (χ0) is 19.2. The van der Waals surface area contributed by atoms with Gasteiger partial charge in [0.1, 0.15) is 5.82 Å². The van der Waals surface area contributed by atoms with Gasteiger partial charge in [0, 0.05) is 30.6 Å². The SMILES string of the molecule is CCCCOC(=O)N1CCC(=O)C1Cc1cccc(-c2cccc(F)c2)n1. The fourth-order valence-corrected chi connectivity index (χ4v) is 3.16. The Kier molecular flexibility index (Phi) is 6.16.